The first-order valence-corrected chi connectivity index (χ1v) is 9.23. The van der Waals surface area contributed by atoms with Crippen LogP contribution in [0.25, 0.3) is 0 Å². The Kier molecular flexibility index (Phi) is 7.63. The van der Waals surface area contributed by atoms with Gasteiger partial charge in [-0.2, -0.15) is 0 Å². The first-order valence-electron chi connectivity index (χ1n) is 9.23. The van der Waals surface area contributed by atoms with Crippen LogP contribution < -0.4 is 5.32 Å². The number of nitrogens with zero attached hydrogens (tertiary/aromatic N) is 2. The molecule has 0 unspecified atom stereocenters. The molecule has 0 aromatic heterocycles. The fraction of sp³-hybridized carbons (Fsp3) is 0.944. The fourth-order valence-corrected chi connectivity index (χ4v) is 3.72. The lowest BCUT2D eigenvalue weighted by Gasteiger charge is -2.35. The van der Waals surface area contributed by atoms with Gasteiger partial charge in [0.1, 0.15) is 0 Å². The van der Waals surface area contributed by atoms with Crippen LogP contribution in [-0.2, 0) is 9.47 Å². The smallest absolute Gasteiger partial charge is 0.193 e. The SMILES string of the molecule is CN=C(NCC1(C)CCCC1)N1CCC(OCCCOC)CC1. The summed E-state index contributed by atoms with van der Waals surface area (Å²) < 4.78 is 11.0. The highest BCUT2D eigenvalue weighted by molar-refractivity contribution is 5.80. The van der Waals surface area contributed by atoms with E-state index in [9.17, 15) is 0 Å². The predicted molar refractivity (Wildman–Crippen MR) is 95.0 cm³/mol. The van der Waals surface area contributed by atoms with Gasteiger partial charge in [0.15, 0.2) is 5.96 Å². The molecule has 0 amide bonds. The summed E-state index contributed by atoms with van der Waals surface area (Å²) in [5.74, 6) is 1.07. The van der Waals surface area contributed by atoms with Crippen molar-refractivity contribution >= 4 is 5.96 Å². The van der Waals surface area contributed by atoms with Crippen LogP contribution in [0.3, 0.4) is 0 Å². The summed E-state index contributed by atoms with van der Waals surface area (Å²) in [6.45, 7) is 7.11. The van der Waals surface area contributed by atoms with Crippen LogP contribution in [0.1, 0.15) is 51.9 Å². The second kappa shape index (κ2) is 9.48. The normalized spacial score (nSPS) is 22.6. The quantitative estimate of drug-likeness (QED) is 0.444. The fourth-order valence-electron chi connectivity index (χ4n) is 3.72. The molecule has 1 aliphatic carbocycles. The van der Waals surface area contributed by atoms with E-state index >= 15 is 0 Å². The lowest BCUT2D eigenvalue weighted by atomic mass is 9.89. The van der Waals surface area contributed by atoms with Crippen molar-refractivity contribution in [3.8, 4) is 0 Å². The van der Waals surface area contributed by atoms with Gasteiger partial charge in [-0.25, -0.2) is 0 Å². The first kappa shape index (κ1) is 18.5. The monoisotopic (exact) mass is 325 g/mol. The maximum absolute atomic E-state index is 5.94. The number of guanidine groups is 1. The molecule has 1 heterocycles. The number of likely N-dealkylation sites (tertiary alicyclic amines) is 1. The van der Waals surface area contributed by atoms with Crippen LogP contribution in [0.5, 0.6) is 0 Å². The van der Waals surface area contributed by atoms with Gasteiger partial charge in [-0.3, -0.25) is 4.99 Å². The molecule has 134 valence electrons. The van der Waals surface area contributed by atoms with Gasteiger partial charge in [-0.05, 0) is 37.5 Å². The van der Waals surface area contributed by atoms with Gasteiger partial charge in [-0.15, -0.1) is 0 Å². The van der Waals surface area contributed by atoms with E-state index in [0.29, 0.717) is 11.5 Å². The molecule has 0 bridgehead atoms. The Labute approximate surface area is 141 Å². The minimum Gasteiger partial charge on any atom is -0.385 e. The van der Waals surface area contributed by atoms with Crippen molar-refractivity contribution in [2.75, 3.05) is 47.0 Å². The average molecular weight is 325 g/mol. The van der Waals surface area contributed by atoms with E-state index in [1.807, 2.05) is 7.05 Å². The highest BCUT2D eigenvalue weighted by atomic mass is 16.5. The van der Waals surface area contributed by atoms with Gasteiger partial charge < -0.3 is 19.7 Å². The molecule has 2 fully saturated rings. The summed E-state index contributed by atoms with van der Waals surface area (Å²) in [6.07, 6.45) is 9.00. The Morgan fingerprint density at radius 1 is 1.22 bits per heavy atom. The third-order valence-corrected chi connectivity index (χ3v) is 5.28. The molecule has 1 N–H and O–H groups in total. The maximum atomic E-state index is 5.94. The summed E-state index contributed by atoms with van der Waals surface area (Å²) >= 11 is 0. The molecule has 0 aromatic rings. The van der Waals surface area contributed by atoms with Crippen molar-refractivity contribution in [3.05, 3.63) is 0 Å². The van der Waals surface area contributed by atoms with Gasteiger partial charge in [-0.1, -0.05) is 19.8 Å². The number of piperidine rings is 1. The molecule has 2 rings (SSSR count). The number of rotatable bonds is 7. The highest BCUT2D eigenvalue weighted by Crippen LogP contribution is 2.36. The number of ether oxygens (including phenoxy) is 2. The molecule has 0 radical (unpaired) electrons. The standard InChI is InChI=1S/C18H35N3O2/c1-18(9-4-5-10-18)15-20-17(19-2)21-11-7-16(8-12-21)23-14-6-13-22-3/h16H,4-15H2,1-3H3,(H,19,20). The van der Waals surface area contributed by atoms with E-state index in [1.165, 1.54) is 25.7 Å². The molecule has 0 atom stereocenters. The third-order valence-electron chi connectivity index (χ3n) is 5.28. The number of nitrogens with one attached hydrogen (secondary N) is 1. The number of methoxy groups -OCH3 is 1. The zero-order valence-corrected chi connectivity index (χ0v) is 15.3. The third kappa shape index (κ3) is 5.96. The van der Waals surface area contributed by atoms with Crippen molar-refractivity contribution in [3.63, 3.8) is 0 Å². The molecule has 1 saturated heterocycles. The molecule has 1 aliphatic heterocycles. The van der Waals surface area contributed by atoms with Crippen LogP contribution in [0.2, 0.25) is 0 Å². The van der Waals surface area contributed by atoms with Crippen molar-refractivity contribution in [2.45, 2.75) is 58.0 Å². The van der Waals surface area contributed by atoms with Crippen LogP contribution in [0.15, 0.2) is 4.99 Å². The Balaban J connectivity index is 1.68. The zero-order chi connectivity index (χ0) is 16.5. The first-order chi connectivity index (χ1) is 11.2. The molecule has 0 aromatic carbocycles. The number of aliphatic imine (C=N–C) groups is 1. The summed E-state index contributed by atoms with van der Waals surface area (Å²) in [4.78, 5) is 6.87. The Bertz CT molecular complexity index is 359. The Morgan fingerprint density at radius 2 is 1.91 bits per heavy atom. The Hall–Kier alpha value is -0.810. The molecule has 1 saturated carbocycles. The van der Waals surface area contributed by atoms with E-state index in [0.717, 1.165) is 58.1 Å². The lowest BCUT2D eigenvalue weighted by Crippen LogP contribution is -2.49. The van der Waals surface area contributed by atoms with Gasteiger partial charge in [0.2, 0.25) is 0 Å². The summed E-state index contributed by atoms with van der Waals surface area (Å²) in [7, 11) is 3.63. The van der Waals surface area contributed by atoms with Crippen LogP contribution in [0.4, 0.5) is 0 Å². The van der Waals surface area contributed by atoms with Gasteiger partial charge >= 0.3 is 0 Å². The van der Waals surface area contributed by atoms with E-state index < -0.39 is 0 Å². The van der Waals surface area contributed by atoms with E-state index in [4.69, 9.17) is 9.47 Å². The van der Waals surface area contributed by atoms with E-state index in [2.05, 4.69) is 22.1 Å². The molecular weight excluding hydrogens is 290 g/mol. The van der Waals surface area contributed by atoms with Gasteiger partial charge in [0, 0.05) is 47.0 Å². The minimum absolute atomic E-state index is 0.397. The number of hydrogen-bond acceptors (Lipinski definition) is 3. The van der Waals surface area contributed by atoms with Crippen LogP contribution in [-0.4, -0.2) is 64.0 Å². The molecule has 23 heavy (non-hydrogen) atoms. The van der Waals surface area contributed by atoms with Crippen molar-refractivity contribution in [1.29, 1.82) is 0 Å². The second-order valence-corrected chi connectivity index (χ2v) is 7.32. The van der Waals surface area contributed by atoms with Gasteiger partial charge in [0.25, 0.3) is 0 Å². The van der Waals surface area contributed by atoms with E-state index in [1.54, 1.807) is 7.11 Å². The molecule has 2 aliphatic rings. The average Bonchev–Trinajstić information content (AvgIpc) is 3.00. The highest BCUT2D eigenvalue weighted by Gasteiger charge is 2.29. The van der Waals surface area contributed by atoms with Gasteiger partial charge in [0.05, 0.1) is 6.10 Å². The van der Waals surface area contributed by atoms with Crippen LogP contribution in [0, 0.1) is 5.41 Å². The van der Waals surface area contributed by atoms with Crippen molar-refractivity contribution < 1.29 is 9.47 Å². The van der Waals surface area contributed by atoms with Crippen molar-refractivity contribution in [1.82, 2.24) is 10.2 Å². The number of hydrogen-bond donors (Lipinski definition) is 1. The zero-order valence-electron chi connectivity index (χ0n) is 15.3. The Morgan fingerprint density at radius 3 is 2.52 bits per heavy atom. The maximum Gasteiger partial charge on any atom is 0.193 e. The minimum atomic E-state index is 0.397. The molecule has 5 heteroatoms. The second-order valence-electron chi connectivity index (χ2n) is 7.32. The van der Waals surface area contributed by atoms with Crippen molar-refractivity contribution in [2.24, 2.45) is 10.4 Å². The molecule has 5 nitrogen and oxygen atoms in total. The predicted octanol–water partition coefficient (Wildman–Crippen LogP) is 2.66. The van der Waals surface area contributed by atoms with Crippen LogP contribution >= 0.6 is 0 Å². The molecular formula is C18H35N3O2. The van der Waals surface area contributed by atoms with E-state index in [-0.39, 0.29) is 0 Å². The summed E-state index contributed by atoms with van der Waals surface area (Å²) in [5.41, 5.74) is 0.457. The largest absolute Gasteiger partial charge is 0.385 e. The summed E-state index contributed by atoms with van der Waals surface area (Å²) in [6, 6.07) is 0. The summed E-state index contributed by atoms with van der Waals surface area (Å²) in [5, 5.41) is 3.61. The molecule has 0 spiro atoms. The lowest BCUT2D eigenvalue weighted by molar-refractivity contribution is 0.00983. The topological polar surface area (TPSA) is 46.1 Å².